The Bertz CT molecular complexity index is 1670. The van der Waals surface area contributed by atoms with Gasteiger partial charge in [-0.3, -0.25) is 19.3 Å². The van der Waals surface area contributed by atoms with E-state index in [2.05, 4.69) is 55.4 Å². The summed E-state index contributed by atoms with van der Waals surface area (Å²) < 4.78 is 13.6. The highest BCUT2D eigenvalue weighted by Gasteiger charge is 2.36. The van der Waals surface area contributed by atoms with Crippen LogP contribution in [0.2, 0.25) is 0 Å². The van der Waals surface area contributed by atoms with Crippen LogP contribution in [-0.2, 0) is 16.2 Å². The first-order valence-corrected chi connectivity index (χ1v) is 15.1. The maximum atomic E-state index is 13.0. The Morgan fingerprint density at radius 3 is 2.51 bits per heavy atom. The van der Waals surface area contributed by atoms with Gasteiger partial charge < -0.3 is 14.8 Å². The predicted octanol–water partition coefficient (Wildman–Crippen LogP) is 8.02. The van der Waals surface area contributed by atoms with Crippen LogP contribution in [0.3, 0.4) is 0 Å². The summed E-state index contributed by atoms with van der Waals surface area (Å²) in [5, 5.41) is 4.44. The van der Waals surface area contributed by atoms with Gasteiger partial charge in [-0.15, -0.1) is 0 Å². The molecule has 0 unspecified atom stereocenters. The highest BCUT2D eigenvalue weighted by atomic mass is 79.9. The van der Waals surface area contributed by atoms with Crippen molar-refractivity contribution in [3.05, 3.63) is 104 Å². The zero-order valence-electron chi connectivity index (χ0n) is 21.9. The van der Waals surface area contributed by atoms with E-state index in [4.69, 9.17) is 9.47 Å². The first kappa shape index (κ1) is 28.9. The van der Waals surface area contributed by atoms with Crippen molar-refractivity contribution in [2.24, 2.45) is 0 Å². The molecule has 1 saturated heterocycles. The third-order valence-electron chi connectivity index (χ3n) is 6.18. The number of benzene rings is 4. The molecule has 0 aromatic heterocycles. The van der Waals surface area contributed by atoms with Crippen LogP contribution < -0.4 is 14.8 Å². The van der Waals surface area contributed by atoms with E-state index in [1.165, 1.54) is 0 Å². The van der Waals surface area contributed by atoms with E-state index < -0.39 is 17.1 Å². The van der Waals surface area contributed by atoms with Crippen molar-refractivity contribution in [2.45, 2.75) is 13.5 Å². The van der Waals surface area contributed by atoms with Crippen molar-refractivity contribution < 1.29 is 23.9 Å². The molecule has 1 heterocycles. The van der Waals surface area contributed by atoms with Crippen LogP contribution in [-0.4, -0.2) is 35.1 Å². The molecule has 0 aliphatic carbocycles. The molecule has 1 N–H and O–H groups in total. The average molecular weight is 696 g/mol. The molecule has 1 aliphatic heterocycles. The number of carbonyl (C=O) groups excluding carboxylic acids is 3. The van der Waals surface area contributed by atoms with Gasteiger partial charge in [0.1, 0.15) is 13.2 Å². The Morgan fingerprint density at radius 2 is 1.73 bits per heavy atom. The lowest BCUT2D eigenvalue weighted by Gasteiger charge is -2.16. The van der Waals surface area contributed by atoms with E-state index >= 15 is 0 Å². The zero-order chi connectivity index (χ0) is 28.9. The lowest BCUT2D eigenvalue weighted by molar-refractivity contribution is -0.127. The largest absolute Gasteiger partial charge is 0.490 e. The molecule has 4 aromatic rings. The number of hydrogen-bond acceptors (Lipinski definition) is 6. The first-order valence-electron chi connectivity index (χ1n) is 12.7. The highest BCUT2D eigenvalue weighted by molar-refractivity contribution is 9.10. The molecule has 0 radical (unpaired) electrons. The van der Waals surface area contributed by atoms with Gasteiger partial charge in [-0.05, 0) is 99.0 Å². The van der Waals surface area contributed by atoms with E-state index in [0.29, 0.717) is 40.4 Å². The molecule has 10 heteroatoms. The molecule has 0 saturated carbocycles. The van der Waals surface area contributed by atoms with Crippen molar-refractivity contribution in [3.8, 4) is 11.5 Å². The number of anilines is 1. The molecular formula is C31H24Br2N2O5S. The summed E-state index contributed by atoms with van der Waals surface area (Å²) >= 11 is 7.72. The van der Waals surface area contributed by atoms with Crippen LogP contribution in [0.15, 0.2) is 92.7 Å². The van der Waals surface area contributed by atoms with Crippen LogP contribution in [0.5, 0.6) is 11.5 Å². The topological polar surface area (TPSA) is 84.9 Å². The van der Waals surface area contributed by atoms with E-state index in [0.717, 1.165) is 37.5 Å². The number of rotatable bonds is 9. The second kappa shape index (κ2) is 12.9. The van der Waals surface area contributed by atoms with Gasteiger partial charge in [-0.25, -0.2) is 0 Å². The molecule has 4 aromatic carbocycles. The summed E-state index contributed by atoms with van der Waals surface area (Å²) in [5.74, 6) is 0.0392. The molecule has 0 spiro atoms. The normalized spacial score (nSPS) is 14.1. The van der Waals surface area contributed by atoms with E-state index in [1.807, 2.05) is 31.2 Å². The highest BCUT2D eigenvalue weighted by Crippen LogP contribution is 2.40. The Morgan fingerprint density at radius 1 is 0.976 bits per heavy atom. The lowest BCUT2D eigenvalue weighted by atomic mass is 10.1. The minimum Gasteiger partial charge on any atom is -0.490 e. The second-order valence-corrected chi connectivity index (χ2v) is 11.8. The van der Waals surface area contributed by atoms with Crippen molar-refractivity contribution >= 4 is 83.2 Å². The van der Waals surface area contributed by atoms with Gasteiger partial charge in [0.25, 0.3) is 11.1 Å². The van der Waals surface area contributed by atoms with Crippen LogP contribution in [0.4, 0.5) is 10.5 Å². The van der Waals surface area contributed by atoms with Gasteiger partial charge in [0.05, 0.1) is 16.0 Å². The summed E-state index contributed by atoms with van der Waals surface area (Å²) in [7, 11) is 0. The smallest absolute Gasteiger partial charge is 0.294 e. The zero-order valence-corrected chi connectivity index (χ0v) is 25.8. The predicted molar refractivity (Wildman–Crippen MR) is 169 cm³/mol. The lowest BCUT2D eigenvalue weighted by Crippen LogP contribution is -2.36. The Hall–Kier alpha value is -3.60. The summed E-state index contributed by atoms with van der Waals surface area (Å²) in [4.78, 5) is 39.3. The van der Waals surface area contributed by atoms with Gasteiger partial charge in [0.15, 0.2) is 11.5 Å². The maximum Gasteiger partial charge on any atom is 0.294 e. The number of thioether (sulfide) groups is 1. The number of nitrogens with one attached hydrogen (secondary N) is 1. The number of carbonyl (C=O) groups is 3. The number of nitrogens with zero attached hydrogens (tertiary/aromatic N) is 1. The van der Waals surface area contributed by atoms with E-state index in [9.17, 15) is 14.4 Å². The SMILES string of the molecule is CCOc1cc(/C=C2/SC(=O)N(CC(=O)Nc3ccc(Br)cc3)C2=O)cc(Br)c1OCc1cccc2ccccc12. The molecule has 3 amide bonds. The minimum absolute atomic E-state index is 0.213. The van der Waals surface area contributed by atoms with Gasteiger partial charge >= 0.3 is 0 Å². The molecule has 1 aliphatic rings. The van der Waals surface area contributed by atoms with E-state index in [-0.39, 0.29) is 11.4 Å². The average Bonchev–Trinajstić information content (AvgIpc) is 3.21. The van der Waals surface area contributed by atoms with Gasteiger partial charge in [0, 0.05) is 10.2 Å². The molecule has 7 nitrogen and oxygen atoms in total. The van der Waals surface area contributed by atoms with Gasteiger partial charge in [0.2, 0.25) is 5.91 Å². The quantitative estimate of drug-likeness (QED) is 0.179. The van der Waals surface area contributed by atoms with Crippen LogP contribution in [0.1, 0.15) is 18.1 Å². The number of hydrogen-bond donors (Lipinski definition) is 1. The number of amides is 3. The van der Waals surface area contributed by atoms with Crippen molar-refractivity contribution in [1.82, 2.24) is 4.90 Å². The second-order valence-electron chi connectivity index (χ2n) is 9.01. The van der Waals surface area contributed by atoms with Gasteiger partial charge in [-0.2, -0.15) is 0 Å². The monoisotopic (exact) mass is 694 g/mol. The third-order valence-corrected chi connectivity index (χ3v) is 8.21. The Labute approximate surface area is 258 Å². The molecular weight excluding hydrogens is 672 g/mol. The molecule has 208 valence electrons. The van der Waals surface area contributed by atoms with Crippen molar-refractivity contribution in [2.75, 3.05) is 18.5 Å². The summed E-state index contributed by atoms with van der Waals surface area (Å²) in [6.45, 7) is 2.23. The standard InChI is InChI=1S/C31H24Br2N2O5S/c1-2-39-26-15-19(14-25(33)29(26)40-18-21-8-5-7-20-6-3-4-9-24(20)21)16-27-30(37)35(31(38)41-27)17-28(36)34-23-12-10-22(32)11-13-23/h3-16H,2,17-18H2,1H3,(H,34,36)/b27-16+. The van der Waals surface area contributed by atoms with Crippen LogP contribution in [0.25, 0.3) is 16.8 Å². The van der Waals surface area contributed by atoms with Crippen molar-refractivity contribution in [1.29, 1.82) is 0 Å². The third kappa shape index (κ3) is 6.83. The number of fused-ring (bicyclic) bond motifs is 1. The first-order chi connectivity index (χ1) is 19.8. The maximum absolute atomic E-state index is 13.0. The molecule has 0 bridgehead atoms. The molecule has 1 fully saturated rings. The number of halogens is 2. The fourth-order valence-electron chi connectivity index (χ4n) is 4.31. The Kier molecular flexibility index (Phi) is 9.12. The number of imide groups is 1. The molecule has 0 atom stereocenters. The van der Waals surface area contributed by atoms with E-state index in [1.54, 1.807) is 42.5 Å². The fourth-order valence-corrected chi connectivity index (χ4v) is 5.98. The van der Waals surface area contributed by atoms with Crippen LogP contribution in [0, 0.1) is 0 Å². The summed E-state index contributed by atoms with van der Waals surface area (Å²) in [5.41, 5.74) is 2.25. The molecule has 41 heavy (non-hydrogen) atoms. The van der Waals surface area contributed by atoms with Crippen molar-refractivity contribution in [3.63, 3.8) is 0 Å². The fraction of sp³-hybridized carbons (Fsp3) is 0.129. The summed E-state index contributed by atoms with van der Waals surface area (Å²) in [6, 6.07) is 24.8. The number of ether oxygens (including phenoxy) is 2. The summed E-state index contributed by atoms with van der Waals surface area (Å²) in [6.07, 6.45) is 1.61. The van der Waals surface area contributed by atoms with Crippen LogP contribution >= 0.6 is 43.6 Å². The minimum atomic E-state index is -0.531. The van der Waals surface area contributed by atoms with Gasteiger partial charge in [-0.1, -0.05) is 58.4 Å². The Balaban J connectivity index is 1.32. The molecule has 5 rings (SSSR count).